The quantitative estimate of drug-likeness (QED) is 0.813. The molecule has 100 valence electrons. The number of morpholine rings is 1. The van der Waals surface area contributed by atoms with E-state index in [1.165, 1.54) is 6.42 Å². The first-order valence-corrected chi connectivity index (χ1v) is 6.32. The van der Waals surface area contributed by atoms with Crippen molar-refractivity contribution in [3.8, 4) is 0 Å². The molecule has 2 rings (SSSR count). The number of halogens is 1. The summed E-state index contributed by atoms with van der Waals surface area (Å²) in [7, 11) is 0. The molecule has 0 aromatic carbocycles. The predicted octanol–water partition coefficient (Wildman–Crippen LogP) is 1.19. The van der Waals surface area contributed by atoms with Gasteiger partial charge in [-0.05, 0) is 33.2 Å². The van der Waals surface area contributed by atoms with Gasteiger partial charge in [-0.1, -0.05) is 0 Å². The van der Waals surface area contributed by atoms with Crippen LogP contribution in [0, 0.1) is 0 Å². The third-order valence-electron chi connectivity index (χ3n) is 3.36. The highest BCUT2D eigenvalue weighted by molar-refractivity contribution is 5.85. The first kappa shape index (κ1) is 14.7. The smallest absolute Gasteiger partial charge is 0.224 e. The van der Waals surface area contributed by atoms with Gasteiger partial charge in [0.1, 0.15) is 0 Å². The molecule has 0 spiro atoms. The molecule has 0 aliphatic carbocycles. The number of carbonyl (C=O) groups is 1. The molecule has 0 bridgehead atoms. The van der Waals surface area contributed by atoms with E-state index in [1.54, 1.807) is 0 Å². The lowest BCUT2D eigenvalue weighted by molar-refractivity contribution is -0.143. The van der Waals surface area contributed by atoms with E-state index in [4.69, 9.17) is 4.74 Å². The lowest BCUT2D eigenvalue weighted by Crippen LogP contribution is -2.49. The van der Waals surface area contributed by atoms with Gasteiger partial charge in [-0.15, -0.1) is 12.4 Å². The van der Waals surface area contributed by atoms with Crippen molar-refractivity contribution >= 4 is 18.3 Å². The second kappa shape index (κ2) is 6.57. The Labute approximate surface area is 109 Å². The Morgan fingerprint density at radius 1 is 1.35 bits per heavy atom. The molecule has 4 nitrogen and oxygen atoms in total. The summed E-state index contributed by atoms with van der Waals surface area (Å²) in [6.45, 7) is 6.62. The fourth-order valence-electron chi connectivity index (χ4n) is 2.65. The molecule has 0 radical (unpaired) electrons. The Morgan fingerprint density at radius 2 is 2.00 bits per heavy atom. The van der Waals surface area contributed by atoms with E-state index in [2.05, 4.69) is 5.32 Å². The van der Waals surface area contributed by atoms with Crippen molar-refractivity contribution in [3.05, 3.63) is 0 Å². The lowest BCUT2D eigenvalue weighted by Gasteiger charge is -2.35. The molecule has 0 saturated carbocycles. The average Bonchev–Trinajstić information content (AvgIpc) is 2.68. The summed E-state index contributed by atoms with van der Waals surface area (Å²) in [6.07, 6.45) is 3.34. The highest BCUT2D eigenvalue weighted by Gasteiger charge is 2.27. The van der Waals surface area contributed by atoms with E-state index in [-0.39, 0.29) is 30.5 Å². The minimum atomic E-state index is 0. The van der Waals surface area contributed by atoms with Crippen molar-refractivity contribution in [1.82, 2.24) is 10.2 Å². The van der Waals surface area contributed by atoms with E-state index in [1.807, 2.05) is 18.7 Å². The van der Waals surface area contributed by atoms with Crippen molar-refractivity contribution in [1.29, 1.82) is 0 Å². The van der Waals surface area contributed by atoms with Crippen LogP contribution in [0.4, 0.5) is 0 Å². The van der Waals surface area contributed by atoms with Gasteiger partial charge in [-0.25, -0.2) is 0 Å². The largest absolute Gasteiger partial charge is 0.372 e. The molecule has 2 saturated heterocycles. The SMILES string of the molecule is C[C@@H]1CN(C(=O)CC2CCCN2)C[C@H](C)O1.Cl. The van der Waals surface area contributed by atoms with Crippen molar-refractivity contribution < 1.29 is 9.53 Å². The Balaban J connectivity index is 0.00000144. The highest BCUT2D eigenvalue weighted by Crippen LogP contribution is 2.15. The summed E-state index contributed by atoms with van der Waals surface area (Å²) in [4.78, 5) is 14.0. The van der Waals surface area contributed by atoms with Gasteiger partial charge < -0.3 is 15.0 Å². The fourth-order valence-corrected chi connectivity index (χ4v) is 2.65. The standard InChI is InChI=1S/C12H22N2O2.ClH/c1-9-7-14(8-10(2)16-9)12(15)6-11-4-3-5-13-11;/h9-11,13H,3-8H2,1-2H3;1H/t9-,10+,11?;. The van der Waals surface area contributed by atoms with Crippen LogP contribution in [0.3, 0.4) is 0 Å². The van der Waals surface area contributed by atoms with Crippen LogP contribution < -0.4 is 5.32 Å². The van der Waals surface area contributed by atoms with E-state index in [0.717, 1.165) is 26.1 Å². The molecule has 1 unspecified atom stereocenters. The third kappa shape index (κ3) is 4.12. The van der Waals surface area contributed by atoms with Crippen LogP contribution in [-0.2, 0) is 9.53 Å². The van der Waals surface area contributed by atoms with Crippen LogP contribution >= 0.6 is 12.4 Å². The molecule has 1 N–H and O–H groups in total. The number of hydrogen-bond donors (Lipinski definition) is 1. The van der Waals surface area contributed by atoms with Gasteiger partial charge in [-0.3, -0.25) is 4.79 Å². The number of ether oxygens (including phenoxy) is 1. The number of rotatable bonds is 2. The van der Waals surface area contributed by atoms with Crippen molar-refractivity contribution in [3.63, 3.8) is 0 Å². The lowest BCUT2D eigenvalue weighted by atomic mass is 10.1. The Bertz CT molecular complexity index is 247. The molecule has 0 aromatic rings. The summed E-state index contributed by atoms with van der Waals surface area (Å²) < 4.78 is 5.63. The van der Waals surface area contributed by atoms with Crippen molar-refractivity contribution in [2.45, 2.75) is 51.4 Å². The normalized spacial score (nSPS) is 33.3. The number of nitrogens with zero attached hydrogens (tertiary/aromatic N) is 1. The third-order valence-corrected chi connectivity index (χ3v) is 3.36. The van der Waals surface area contributed by atoms with E-state index in [0.29, 0.717) is 12.5 Å². The monoisotopic (exact) mass is 262 g/mol. The molecule has 0 aromatic heterocycles. The summed E-state index contributed by atoms with van der Waals surface area (Å²) in [5, 5.41) is 3.37. The number of carbonyl (C=O) groups excluding carboxylic acids is 1. The summed E-state index contributed by atoms with van der Waals surface area (Å²) in [5.74, 6) is 0.279. The van der Waals surface area contributed by atoms with Crippen LogP contribution in [0.2, 0.25) is 0 Å². The van der Waals surface area contributed by atoms with Crippen LogP contribution in [0.5, 0.6) is 0 Å². The zero-order valence-corrected chi connectivity index (χ0v) is 11.5. The first-order chi connectivity index (χ1) is 7.65. The number of hydrogen-bond acceptors (Lipinski definition) is 3. The summed E-state index contributed by atoms with van der Waals surface area (Å²) in [6, 6.07) is 0.404. The molecule has 2 fully saturated rings. The van der Waals surface area contributed by atoms with Crippen LogP contribution in [0.25, 0.3) is 0 Å². The zero-order valence-electron chi connectivity index (χ0n) is 10.6. The fraction of sp³-hybridized carbons (Fsp3) is 0.917. The van der Waals surface area contributed by atoms with E-state index >= 15 is 0 Å². The maximum Gasteiger partial charge on any atom is 0.224 e. The Hall–Kier alpha value is -0.320. The molecule has 1 amide bonds. The minimum Gasteiger partial charge on any atom is -0.372 e. The van der Waals surface area contributed by atoms with E-state index < -0.39 is 0 Å². The van der Waals surface area contributed by atoms with Crippen molar-refractivity contribution in [2.75, 3.05) is 19.6 Å². The molecule has 17 heavy (non-hydrogen) atoms. The first-order valence-electron chi connectivity index (χ1n) is 6.32. The average molecular weight is 263 g/mol. The molecule has 2 heterocycles. The maximum atomic E-state index is 12.1. The second-order valence-electron chi connectivity index (χ2n) is 5.05. The van der Waals surface area contributed by atoms with E-state index in [9.17, 15) is 4.79 Å². The predicted molar refractivity (Wildman–Crippen MR) is 69.5 cm³/mol. The molecular formula is C12H23ClN2O2. The van der Waals surface area contributed by atoms with Gasteiger partial charge in [0.25, 0.3) is 0 Å². The maximum absolute atomic E-state index is 12.1. The Kier molecular flexibility index (Phi) is 5.70. The Morgan fingerprint density at radius 3 is 2.53 bits per heavy atom. The molecular weight excluding hydrogens is 240 g/mol. The number of amides is 1. The highest BCUT2D eigenvalue weighted by atomic mass is 35.5. The summed E-state index contributed by atoms with van der Waals surface area (Å²) >= 11 is 0. The van der Waals surface area contributed by atoms with Gasteiger partial charge >= 0.3 is 0 Å². The van der Waals surface area contributed by atoms with Gasteiger partial charge in [0.15, 0.2) is 0 Å². The topological polar surface area (TPSA) is 41.6 Å². The number of nitrogens with one attached hydrogen (secondary N) is 1. The molecule has 3 atom stereocenters. The van der Waals surface area contributed by atoms with Gasteiger partial charge in [-0.2, -0.15) is 0 Å². The van der Waals surface area contributed by atoms with Crippen molar-refractivity contribution in [2.24, 2.45) is 0 Å². The van der Waals surface area contributed by atoms with Gasteiger partial charge in [0.05, 0.1) is 12.2 Å². The van der Waals surface area contributed by atoms with Crippen LogP contribution in [0.1, 0.15) is 33.1 Å². The van der Waals surface area contributed by atoms with Crippen LogP contribution in [-0.4, -0.2) is 48.7 Å². The zero-order chi connectivity index (χ0) is 11.5. The van der Waals surface area contributed by atoms with Gasteiger partial charge in [0, 0.05) is 25.6 Å². The minimum absolute atomic E-state index is 0. The van der Waals surface area contributed by atoms with Gasteiger partial charge in [0.2, 0.25) is 5.91 Å². The molecule has 2 aliphatic heterocycles. The van der Waals surface area contributed by atoms with Crippen LogP contribution in [0.15, 0.2) is 0 Å². The summed E-state index contributed by atoms with van der Waals surface area (Å²) in [5.41, 5.74) is 0. The molecule has 5 heteroatoms. The second-order valence-corrected chi connectivity index (χ2v) is 5.05. The molecule has 2 aliphatic rings.